The first-order valence-corrected chi connectivity index (χ1v) is 5.07. The Morgan fingerprint density at radius 3 is 2.50 bits per heavy atom. The summed E-state index contributed by atoms with van der Waals surface area (Å²) in [5.41, 5.74) is 6.16. The molecule has 1 atom stereocenters. The number of nitrogens with two attached hydrogens (primary N) is 1. The Hall–Kier alpha value is -0.260. The molecule has 0 aliphatic heterocycles. The molecule has 0 fully saturated rings. The van der Waals surface area contributed by atoms with Crippen molar-refractivity contribution in [2.45, 2.75) is 25.6 Å². The van der Waals surface area contributed by atoms with Gasteiger partial charge in [-0.15, -0.1) is 11.3 Å². The van der Waals surface area contributed by atoms with Crippen LogP contribution in [0.15, 0.2) is 6.07 Å². The van der Waals surface area contributed by atoms with Gasteiger partial charge in [-0.3, -0.25) is 0 Å². The van der Waals surface area contributed by atoms with Crippen LogP contribution in [0, 0.1) is 6.92 Å². The molecule has 1 aromatic heterocycles. The van der Waals surface area contributed by atoms with Gasteiger partial charge in [0.05, 0.1) is 10.8 Å². The van der Waals surface area contributed by atoms with Gasteiger partial charge in [0.2, 0.25) is 0 Å². The van der Waals surface area contributed by atoms with E-state index in [4.69, 9.17) is 17.3 Å². The molecule has 1 unspecified atom stereocenters. The van der Waals surface area contributed by atoms with Crippen molar-refractivity contribution in [2.24, 2.45) is 5.73 Å². The standard InChI is InChI=1S/C8H9ClF3NS/c1-4-2-6(14-7(4)9)5(13)3-8(10,11)12/h2,5H,3,13H2,1H3. The van der Waals surface area contributed by atoms with Crippen LogP contribution < -0.4 is 5.73 Å². The summed E-state index contributed by atoms with van der Waals surface area (Å²) in [6.07, 6.45) is -5.24. The van der Waals surface area contributed by atoms with E-state index in [1.54, 1.807) is 13.0 Å². The van der Waals surface area contributed by atoms with Crippen molar-refractivity contribution in [3.63, 3.8) is 0 Å². The molecule has 6 heteroatoms. The number of hydrogen-bond acceptors (Lipinski definition) is 2. The van der Waals surface area contributed by atoms with Crippen LogP contribution in [0.4, 0.5) is 13.2 Å². The predicted octanol–water partition coefficient (Wildman–Crippen LogP) is 3.66. The van der Waals surface area contributed by atoms with Gasteiger partial charge >= 0.3 is 6.18 Å². The molecule has 0 aromatic carbocycles. The first-order valence-electron chi connectivity index (χ1n) is 3.88. The summed E-state index contributed by atoms with van der Waals surface area (Å²) in [5, 5.41) is 0. The zero-order valence-electron chi connectivity index (χ0n) is 7.36. The lowest BCUT2D eigenvalue weighted by Gasteiger charge is -2.11. The molecule has 1 heterocycles. The minimum atomic E-state index is -4.23. The van der Waals surface area contributed by atoms with E-state index < -0.39 is 18.6 Å². The molecule has 1 aromatic rings. The van der Waals surface area contributed by atoms with Crippen LogP contribution in [-0.2, 0) is 0 Å². The molecule has 0 saturated carbocycles. The minimum Gasteiger partial charge on any atom is -0.323 e. The Morgan fingerprint density at radius 1 is 1.57 bits per heavy atom. The zero-order valence-corrected chi connectivity index (χ0v) is 8.93. The fourth-order valence-corrected chi connectivity index (χ4v) is 2.24. The lowest BCUT2D eigenvalue weighted by molar-refractivity contribution is -0.138. The fraction of sp³-hybridized carbons (Fsp3) is 0.500. The van der Waals surface area contributed by atoms with E-state index in [1.165, 1.54) is 0 Å². The molecule has 2 N–H and O–H groups in total. The van der Waals surface area contributed by atoms with Gasteiger partial charge in [-0.05, 0) is 18.6 Å². The van der Waals surface area contributed by atoms with Gasteiger partial charge in [0.1, 0.15) is 0 Å². The van der Waals surface area contributed by atoms with E-state index in [2.05, 4.69) is 0 Å². The molecule has 0 radical (unpaired) electrons. The first-order chi connectivity index (χ1) is 6.29. The SMILES string of the molecule is Cc1cc(C(N)CC(F)(F)F)sc1Cl. The Bertz CT molecular complexity index is 301. The van der Waals surface area contributed by atoms with Crippen LogP contribution in [0.2, 0.25) is 4.34 Å². The van der Waals surface area contributed by atoms with Crippen LogP contribution >= 0.6 is 22.9 Å². The van der Waals surface area contributed by atoms with E-state index in [0.29, 0.717) is 9.21 Å². The summed E-state index contributed by atoms with van der Waals surface area (Å²) < 4.78 is 36.5. The highest BCUT2D eigenvalue weighted by atomic mass is 35.5. The quantitative estimate of drug-likeness (QED) is 0.843. The second-order valence-corrected chi connectivity index (χ2v) is 4.72. The van der Waals surface area contributed by atoms with Gasteiger partial charge in [-0.25, -0.2) is 0 Å². The number of rotatable bonds is 2. The summed E-state index contributed by atoms with van der Waals surface area (Å²) in [7, 11) is 0. The molecule has 0 bridgehead atoms. The fourth-order valence-electron chi connectivity index (χ4n) is 1.02. The van der Waals surface area contributed by atoms with Crippen molar-refractivity contribution in [3.05, 3.63) is 20.8 Å². The molecule has 1 rings (SSSR count). The van der Waals surface area contributed by atoms with Crippen molar-refractivity contribution >= 4 is 22.9 Å². The van der Waals surface area contributed by atoms with Crippen LogP contribution in [0.1, 0.15) is 22.9 Å². The smallest absolute Gasteiger partial charge is 0.323 e. The third-order valence-corrected chi connectivity index (χ3v) is 3.38. The maximum Gasteiger partial charge on any atom is 0.390 e. The summed E-state index contributed by atoms with van der Waals surface area (Å²) in [4.78, 5) is 0.477. The number of aryl methyl sites for hydroxylation is 1. The minimum absolute atomic E-state index is 0.477. The zero-order chi connectivity index (χ0) is 10.9. The second-order valence-electron chi connectivity index (χ2n) is 3.03. The highest BCUT2D eigenvalue weighted by Crippen LogP contribution is 2.35. The molecule has 80 valence electrons. The average molecular weight is 244 g/mol. The van der Waals surface area contributed by atoms with E-state index in [-0.39, 0.29) is 0 Å². The molecule has 0 amide bonds. The summed E-state index contributed by atoms with van der Waals surface area (Å²) in [5.74, 6) is 0. The van der Waals surface area contributed by atoms with Gasteiger partial charge in [-0.1, -0.05) is 11.6 Å². The molecule has 1 nitrogen and oxygen atoms in total. The number of thiophene rings is 1. The Kier molecular flexibility index (Phi) is 3.44. The van der Waals surface area contributed by atoms with Gasteiger partial charge in [0, 0.05) is 10.9 Å². The normalized spacial score (nSPS) is 14.4. The lowest BCUT2D eigenvalue weighted by atomic mass is 10.1. The van der Waals surface area contributed by atoms with Gasteiger partial charge < -0.3 is 5.73 Å². The van der Waals surface area contributed by atoms with Crippen molar-refractivity contribution in [3.8, 4) is 0 Å². The average Bonchev–Trinajstić information content (AvgIpc) is 2.28. The molecule has 0 saturated heterocycles. The van der Waals surface area contributed by atoms with E-state index in [1.807, 2.05) is 0 Å². The van der Waals surface area contributed by atoms with Gasteiger partial charge in [0.25, 0.3) is 0 Å². The molecular formula is C8H9ClF3NS. The topological polar surface area (TPSA) is 26.0 Å². The first kappa shape index (κ1) is 11.8. The molecule has 0 aliphatic rings. The Balaban J connectivity index is 2.75. The summed E-state index contributed by atoms with van der Waals surface area (Å²) >= 11 is 6.83. The summed E-state index contributed by atoms with van der Waals surface area (Å²) in [6, 6.07) is 0.592. The molecule has 0 aliphatic carbocycles. The van der Waals surface area contributed by atoms with Crippen molar-refractivity contribution < 1.29 is 13.2 Å². The monoisotopic (exact) mass is 243 g/mol. The third kappa shape index (κ3) is 3.15. The summed E-state index contributed by atoms with van der Waals surface area (Å²) in [6.45, 7) is 1.74. The third-order valence-electron chi connectivity index (χ3n) is 1.69. The maximum absolute atomic E-state index is 12.0. The number of halogens is 4. The lowest BCUT2D eigenvalue weighted by Crippen LogP contribution is -2.19. The van der Waals surface area contributed by atoms with Crippen LogP contribution in [0.5, 0.6) is 0 Å². The van der Waals surface area contributed by atoms with Gasteiger partial charge in [-0.2, -0.15) is 13.2 Å². The largest absolute Gasteiger partial charge is 0.390 e. The van der Waals surface area contributed by atoms with Gasteiger partial charge in [0.15, 0.2) is 0 Å². The van der Waals surface area contributed by atoms with Crippen LogP contribution in [-0.4, -0.2) is 6.18 Å². The Labute approximate surface area is 88.7 Å². The van der Waals surface area contributed by atoms with E-state index in [9.17, 15) is 13.2 Å². The Morgan fingerprint density at radius 2 is 2.14 bits per heavy atom. The number of alkyl halides is 3. The van der Waals surface area contributed by atoms with Crippen LogP contribution in [0.25, 0.3) is 0 Å². The van der Waals surface area contributed by atoms with Crippen molar-refractivity contribution in [1.82, 2.24) is 0 Å². The maximum atomic E-state index is 12.0. The highest BCUT2D eigenvalue weighted by molar-refractivity contribution is 7.16. The van der Waals surface area contributed by atoms with E-state index >= 15 is 0 Å². The van der Waals surface area contributed by atoms with Crippen LogP contribution in [0.3, 0.4) is 0 Å². The number of hydrogen-bond donors (Lipinski definition) is 1. The van der Waals surface area contributed by atoms with Crippen molar-refractivity contribution in [2.75, 3.05) is 0 Å². The molecule has 0 spiro atoms. The predicted molar refractivity (Wildman–Crippen MR) is 51.7 cm³/mol. The molecular weight excluding hydrogens is 235 g/mol. The molecule has 14 heavy (non-hydrogen) atoms. The second kappa shape index (κ2) is 4.08. The van der Waals surface area contributed by atoms with E-state index in [0.717, 1.165) is 16.9 Å². The highest BCUT2D eigenvalue weighted by Gasteiger charge is 2.31. The van der Waals surface area contributed by atoms with Crippen molar-refractivity contribution in [1.29, 1.82) is 0 Å².